The van der Waals surface area contributed by atoms with E-state index < -0.39 is 6.04 Å². The van der Waals surface area contributed by atoms with Crippen molar-refractivity contribution in [3.63, 3.8) is 0 Å². The number of rotatable bonds is 7. The van der Waals surface area contributed by atoms with Crippen LogP contribution in [0.1, 0.15) is 48.9 Å². The van der Waals surface area contributed by atoms with Gasteiger partial charge in [-0.1, -0.05) is 24.6 Å². The Labute approximate surface area is 147 Å². The zero-order valence-corrected chi connectivity index (χ0v) is 14.9. The van der Waals surface area contributed by atoms with Crippen molar-refractivity contribution >= 4 is 29.3 Å². The van der Waals surface area contributed by atoms with Crippen molar-refractivity contribution in [1.29, 1.82) is 0 Å². The third kappa shape index (κ3) is 6.00. The molecule has 0 heterocycles. The molecule has 0 spiro atoms. The van der Waals surface area contributed by atoms with Gasteiger partial charge in [0.25, 0.3) is 11.8 Å². The van der Waals surface area contributed by atoms with E-state index in [4.69, 9.17) is 0 Å². The lowest BCUT2D eigenvalue weighted by Gasteiger charge is -2.18. The molecule has 2 N–H and O–H groups in total. The second-order valence-corrected chi connectivity index (χ2v) is 6.87. The summed E-state index contributed by atoms with van der Waals surface area (Å²) in [6.45, 7) is 0. The van der Waals surface area contributed by atoms with Crippen LogP contribution in [0.2, 0.25) is 0 Å². The maximum absolute atomic E-state index is 12.4. The topological polar surface area (TPSA) is 70.6 Å². The quantitative estimate of drug-likeness (QED) is 0.745. The normalized spacial score (nSPS) is 15.5. The van der Waals surface area contributed by atoms with E-state index in [1.807, 2.05) is 12.3 Å². The van der Waals surface area contributed by atoms with E-state index in [0.717, 1.165) is 37.1 Å². The number of carbonyl (C=O) groups excluding carboxylic acids is 2. The largest absolute Gasteiger partial charge is 0.340 e. The molecule has 0 bridgehead atoms. The van der Waals surface area contributed by atoms with Gasteiger partial charge < -0.3 is 5.32 Å². The first-order chi connectivity index (χ1) is 11.7. The second kappa shape index (κ2) is 10.1. The molecule has 0 aliphatic heterocycles. The summed E-state index contributed by atoms with van der Waals surface area (Å²) in [5.41, 5.74) is 4.25. The standard InChI is InChI=1S/C18H25N3O2S/c1-24-13-12-16(19-17(22)14-8-4-2-5-9-14)18(23)21-20-15-10-6-3-7-11-15/h2,4-5,8-9,16H,3,6-7,10-13H2,1H3,(H,19,22)(H,21,23)/t16-/m1/s1. The van der Waals surface area contributed by atoms with E-state index in [-0.39, 0.29) is 11.8 Å². The van der Waals surface area contributed by atoms with Crippen LogP contribution in [0.5, 0.6) is 0 Å². The van der Waals surface area contributed by atoms with E-state index in [1.165, 1.54) is 6.42 Å². The summed E-state index contributed by atoms with van der Waals surface area (Å²) in [6.07, 6.45) is 7.96. The first kappa shape index (κ1) is 18.5. The average Bonchev–Trinajstić information content (AvgIpc) is 2.64. The Hall–Kier alpha value is -1.82. The Morgan fingerprint density at radius 2 is 1.88 bits per heavy atom. The lowest BCUT2D eigenvalue weighted by Crippen LogP contribution is -2.46. The molecule has 130 valence electrons. The fraction of sp³-hybridized carbons (Fsp3) is 0.500. The van der Waals surface area contributed by atoms with Gasteiger partial charge in [0.1, 0.15) is 6.04 Å². The molecule has 0 saturated heterocycles. The van der Waals surface area contributed by atoms with Crippen LogP contribution in [0, 0.1) is 0 Å². The molecule has 6 heteroatoms. The van der Waals surface area contributed by atoms with Gasteiger partial charge in [-0.3, -0.25) is 9.59 Å². The van der Waals surface area contributed by atoms with Crippen LogP contribution < -0.4 is 10.7 Å². The smallest absolute Gasteiger partial charge is 0.262 e. The molecule has 1 aliphatic carbocycles. The van der Waals surface area contributed by atoms with Gasteiger partial charge >= 0.3 is 0 Å². The van der Waals surface area contributed by atoms with Gasteiger partial charge in [0.05, 0.1) is 0 Å². The molecular weight excluding hydrogens is 322 g/mol. The molecule has 1 atom stereocenters. The molecule has 5 nitrogen and oxygen atoms in total. The van der Waals surface area contributed by atoms with Gasteiger partial charge in [0.2, 0.25) is 0 Å². The molecule has 24 heavy (non-hydrogen) atoms. The van der Waals surface area contributed by atoms with Gasteiger partial charge in [-0.2, -0.15) is 16.9 Å². The summed E-state index contributed by atoms with van der Waals surface area (Å²) >= 11 is 1.65. The minimum Gasteiger partial charge on any atom is -0.340 e. The van der Waals surface area contributed by atoms with Crippen molar-refractivity contribution in [3.8, 4) is 0 Å². The van der Waals surface area contributed by atoms with Crippen LogP contribution in [0.3, 0.4) is 0 Å². The van der Waals surface area contributed by atoms with Gasteiger partial charge in [-0.15, -0.1) is 0 Å². The summed E-state index contributed by atoms with van der Waals surface area (Å²) < 4.78 is 0. The third-order valence-corrected chi connectivity index (χ3v) is 4.67. The molecule has 0 aromatic heterocycles. The number of hydrogen-bond acceptors (Lipinski definition) is 4. The van der Waals surface area contributed by atoms with E-state index in [2.05, 4.69) is 15.8 Å². The van der Waals surface area contributed by atoms with E-state index in [1.54, 1.807) is 36.0 Å². The molecule has 1 saturated carbocycles. The summed E-state index contributed by atoms with van der Waals surface area (Å²) in [4.78, 5) is 24.7. The lowest BCUT2D eigenvalue weighted by molar-refractivity contribution is -0.123. The number of carbonyl (C=O) groups is 2. The molecule has 2 amide bonds. The van der Waals surface area contributed by atoms with Crippen molar-refractivity contribution in [2.45, 2.75) is 44.6 Å². The highest BCUT2D eigenvalue weighted by Crippen LogP contribution is 2.14. The first-order valence-corrected chi connectivity index (χ1v) is 9.80. The molecule has 1 fully saturated rings. The second-order valence-electron chi connectivity index (χ2n) is 5.89. The fourth-order valence-electron chi connectivity index (χ4n) is 2.62. The summed E-state index contributed by atoms with van der Waals surface area (Å²) in [5, 5.41) is 7.07. The van der Waals surface area contributed by atoms with E-state index >= 15 is 0 Å². The van der Waals surface area contributed by atoms with E-state index in [0.29, 0.717) is 12.0 Å². The Bertz CT molecular complexity index is 567. The first-order valence-electron chi connectivity index (χ1n) is 8.41. The summed E-state index contributed by atoms with van der Waals surface area (Å²) in [5.74, 6) is 0.317. The Morgan fingerprint density at radius 1 is 1.17 bits per heavy atom. The molecule has 1 aromatic rings. The predicted octanol–water partition coefficient (Wildman–Crippen LogP) is 2.97. The number of nitrogens with zero attached hydrogens (tertiary/aromatic N) is 1. The predicted molar refractivity (Wildman–Crippen MR) is 99.4 cm³/mol. The van der Waals surface area contributed by atoms with Crippen molar-refractivity contribution in [3.05, 3.63) is 35.9 Å². The monoisotopic (exact) mass is 347 g/mol. The molecule has 2 rings (SSSR count). The lowest BCUT2D eigenvalue weighted by atomic mass is 9.99. The molecule has 1 aromatic carbocycles. The number of hydrazone groups is 1. The SMILES string of the molecule is CSCC[C@@H](NC(=O)c1ccccc1)C(=O)NN=C1CCCCC1. The number of nitrogens with one attached hydrogen (secondary N) is 2. The number of amides is 2. The van der Waals surface area contributed by atoms with Gasteiger partial charge in [-0.05, 0) is 56.2 Å². The highest BCUT2D eigenvalue weighted by molar-refractivity contribution is 7.98. The van der Waals surface area contributed by atoms with Crippen LogP contribution in [0.15, 0.2) is 35.4 Å². The Kier molecular flexibility index (Phi) is 7.82. The minimum atomic E-state index is -0.571. The summed E-state index contributed by atoms with van der Waals surface area (Å²) in [6, 6.07) is 8.37. The average molecular weight is 347 g/mol. The maximum atomic E-state index is 12.4. The van der Waals surface area contributed by atoms with Crippen molar-refractivity contribution in [2.75, 3.05) is 12.0 Å². The van der Waals surface area contributed by atoms with Crippen LogP contribution >= 0.6 is 11.8 Å². The van der Waals surface area contributed by atoms with Gasteiger partial charge in [0, 0.05) is 11.3 Å². The number of thioether (sulfide) groups is 1. The minimum absolute atomic E-state index is 0.234. The third-order valence-electron chi connectivity index (χ3n) is 4.02. The van der Waals surface area contributed by atoms with Crippen LogP contribution in [0.25, 0.3) is 0 Å². The van der Waals surface area contributed by atoms with Crippen LogP contribution in [-0.4, -0.2) is 35.6 Å². The Balaban J connectivity index is 1.95. The number of benzene rings is 1. The van der Waals surface area contributed by atoms with Crippen molar-refractivity contribution < 1.29 is 9.59 Å². The zero-order chi connectivity index (χ0) is 17.2. The van der Waals surface area contributed by atoms with Crippen LogP contribution in [-0.2, 0) is 4.79 Å². The van der Waals surface area contributed by atoms with Crippen molar-refractivity contribution in [1.82, 2.24) is 10.7 Å². The summed E-state index contributed by atoms with van der Waals surface area (Å²) in [7, 11) is 0. The maximum Gasteiger partial charge on any atom is 0.262 e. The Morgan fingerprint density at radius 3 is 2.54 bits per heavy atom. The van der Waals surface area contributed by atoms with Gasteiger partial charge in [-0.25, -0.2) is 5.43 Å². The zero-order valence-electron chi connectivity index (χ0n) is 14.1. The highest BCUT2D eigenvalue weighted by atomic mass is 32.2. The molecule has 1 aliphatic rings. The van der Waals surface area contributed by atoms with Crippen molar-refractivity contribution in [2.24, 2.45) is 5.10 Å². The van der Waals surface area contributed by atoms with Gasteiger partial charge in [0.15, 0.2) is 0 Å². The molecular formula is C18H25N3O2S. The van der Waals surface area contributed by atoms with E-state index in [9.17, 15) is 9.59 Å². The van der Waals surface area contributed by atoms with Crippen LogP contribution in [0.4, 0.5) is 0 Å². The molecule has 0 unspecified atom stereocenters. The molecule has 0 radical (unpaired) electrons. The highest BCUT2D eigenvalue weighted by Gasteiger charge is 2.21. The fourth-order valence-corrected chi connectivity index (χ4v) is 3.09. The number of hydrogen-bond donors (Lipinski definition) is 2.